The third-order valence-electron chi connectivity index (χ3n) is 4.23. The van der Waals surface area contributed by atoms with Gasteiger partial charge in [0, 0.05) is 4.88 Å². The minimum Gasteiger partial charge on any atom is -0.462 e. The summed E-state index contributed by atoms with van der Waals surface area (Å²) >= 11 is 1.33. The quantitative estimate of drug-likeness (QED) is 0.643. The molecule has 1 aromatic carbocycles. The first kappa shape index (κ1) is 19.8. The normalized spacial score (nSPS) is 10.8. The molecule has 28 heavy (non-hydrogen) atoms. The summed E-state index contributed by atoms with van der Waals surface area (Å²) in [5.74, 6) is -0.434. The van der Waals surface area contributed by atoms with E-state index in [0.717, 1.165) is 11.3 Å². The summed E-state index contributed by atoms with van der Waals surface area (Å²) in [5, 5.41) is 3.63. The standard InChI is InChI=1S/C20H21N3O4S/c1-4-13-10-15(20(26)27-5-2)18(28-13)22-17(24)11-23-12(3)21-16-9-7-6-8-14(16)19(23)25/h6-10H,4-5,11H2,1-3H3,(H,22,24). The Hall–Kier alpha value is -3.00. The number of carbonyl (C=O) groups is 2. The van der Waals surface area contributed by atoms with Crippen molar-refractivity contribution in [2.75, 3.05) is 11.9 Å². The fraction of sp³-hybridized carbons (Fsp3) is 0.300. The SMILES string of the molecule is CCOC(=O)c1cc(CC)sc1NC(=O)Cn1c(C)nc2ccccc2c1=O. The summed E-state index contributed by atoms with van der Waals surface area (Å²) in [4.78, 5) is 42.8. The largest absolute Gasteiger partial charge is 0.462 e. The molecular formula is C20H21N3O4S. The molecule has 0 spiro atoms. The minimum absolute atomic E-state index is 0.190. The number of carbonyl (C=O) groups excluding carboxylic acids is 2. The molecule has 146 valence electrons. The fourth-order valence-corrected chi connectivity index (χ4v) is 3.84. The summed E-state index contributed by atoms with van der Waals surface area (Å²) in [5.41, 5.74) is 0.652. The number of aryl methyl sites for hydroxylation is 2. The average molecular weight is 399 g/mol. The molecule has 0 unspecified atom stereocenters. The summed E-state index contributed by atoms with van der Waals surface area (Å²) in [6.45, 7) is 5.44. The first-order valence-corrected chi connectivity index (χ1v) is 9.82. The fourth-order valence-electron chi connectivity index (χ4n) is 2.84. The van der Waals surface area contributed by atoms with E-state index in [-0.39, 0.29) is 18.7 Å². The number of nitrogens with zero attached hydrogens (tertiary/aromatic N) is 2. The average Bonchev–Trinajstić information content (AvgIpc) is 3.08. The van der Waals surface area contributed by atoms with Crippen molar-refractivity contribution in [1.82, 2.24) is 9.55 Å². The third kappa shape index (κ3) is 3.96. The predicted octanol–water partition coefficient (Wildman–Crippen LogP) is 3.14. The summed E-state index contributed by atoms with van der Waals surface area (Å²) in [6, 6.07) is 8.74. The van der Waals surface area contributed by atoms with Crippen LogP contribution in [0.2, 0.25) is 0 Å². The van der Waals surface area contributed by atoms with Gasteiger partial charge in [0.1, 0.15) is 17.4 Å². The summed E-state index contributed by atoms with van der Waals surface area (Å²) in [7, 11) is 0. The van der Waals surface area contributed by atoms with E-state index in [1.165, 1.54) is 15.9 Å². The summed E-state index contributed by atoms with van der Waals surface area (Å²) < 4.78 is 6.39. The molecule has 3 aromatic rings. The number of amides is 1. The Morgan fingerprint density at radius 3 is 2.71 bits per heavy atom. The monoisotopic (exact) mass is 399 g/mol. The smallest absolute Gasteiger partial charge is 0.341 e. The lowest BCUT2D eigenvalue weighted by Crippen LogP contribution is -2.30. The molecule has 2 heterocycles. The van der Waals surface area contributed by atoms with Gasteiger partial charge in [-0.05, 0) is 38.5 Å². The van der Waals surface area contributed by atoms with Gasteiger partial charge in [-0.25, -0.2) is 9.78 Å². The highest BCUT2D eigenvalue weighted by atomic mass is 32.1. The van der Waals surface area contributed by atoms with E-state index < -0.39 is 11.9 Å². The van der Waals surface area contributed by atoms with Gasteiger partial charge in [0.2, 0.25) is 5.91 Å². The van der Waals surface area contributed by atoms with Crippen LogP contribution in [0.3, 0.4) is 0 Å². The Balaban J connectivity index is 1.87. The van der Waals surface area contributed by atoms with E-state index >= 15 is 0 Å². The van der Waals surface area contributed by atoms with E-state index in [1.807, 2.05) is 13.0 Å². The maximum atomic E-state index is 12.7. The molecule has 3 rings (SSSR count). The highest BCUT2D eigenvalue weighted by Crippen LogP contribution is 2.29. The highest BCUT2D eigenvalue weighted by molar-refractivity contribution is 7.16. The molecule has 0 radical (unpaired) electrons. The molecule has 0 aliphatic rings. The number of anilines is 1. The van der Waals surface area contributed by atoms with Crippen LogP contribution in [0.1, 0.15) is 34.9 Å². The van der Waals surface area contributed by atoms with Crippen LogP contribution >= 0.6 is 11.3 Å². The molecule has 1 amide bonds. The maximum absolute atomic E-state index is 12.7. The number of rotatable bonds is 6. The highest BCUT2D eigenvalue weighted by Gasteiger charge is 2.19. The lowest BCUT2D eigenvalue weighted by Gasteiger charge is -2.11. The first-order chi connectivity index (χ1) is 13.4. The van der Waals surface area contributed by atoms with Crippen molar-refractivity contribution in [2.45, 2.75) is 33.7 Å². The molecule has 8 heteroatoms. The van der Waals surface area contributed by atoms with E-state index in [9.17, 15) is 14.4 Å². The molecule has 1 N–H and O–H groups in total. The van der Waals surface area contributed by atoms with Gasteiger partial charge in [0.05, 0.1) is 23.1 Å². The van der Waals surface area contributed by atoms with Gasteiger partial charge >= 0.3 is 5.97 Å². The van der Waals surface area contributed by atoms with Crippen LogP contribution in [0, 0.1) is 6.92 Å². The van der Waals surface area contributed by atoms with Gasteiger partial charge in [0.15, 0.2) is 0 Å². The molecule has 7 nitrogen and oxygen atoms in total. The van der Waals surface area contributed by atoms with E-state index in [1.54, 1.807) is 38.1 Å². The number of thiophene rings is 1. The molecule has 0 atom stereocenters. The summed E-state index contributed by atoms with van der Waals surface area (Å²) in [6.07, 6.45) is 0.736. The Bertz CT molecular complexity index is 1100. The zero-order valence-corrected chi connectivity index (χ0v) is 16.8. The van der Waals surface area contributed by atoms with Crippen molar-refractivity contribution in [3.05, 3.63) is 57.0 Å². The van der Waals surface area contributed by atoms with Crippen molar-refractivity contribution >= 4 is 39.1 Å². The second-order valence-corrected chi connectivity index (χ2v) is 7.28. The van der Waals surface area contributed by atoms with Gasteiger partial charge in [-0.1, -0.05) is 19.1 Å². The number of para-hydroxylation sites is 1. The van der Waals surface area contributed by atoms with Crippen molar-refractivity contribution < 1.29 is 14.3 Å². The number of aromatic nitrogens is 2. The molecule has 0 fully saturated rings. The van der Waals surface area contributed by atoms with Crippen LogP contribution in [-0.2, 0) is 22.5 Å². The van der Waals surface area contributed by atoms with Crippen molar-refractivity contribution in [1.29, 1.82) is 0 Å². The van der Waals surface area contributed by atoms with Crippen molar-refractivity contribution in [3.8, 4) is 0 Å². The zero-order chi connectivity index (χ0) is 20.3. The predicted molar refractivity (Wildman–Crippen MR) is 109 cm³/mol. The van der Waals surface area contributed by atoms with Gasteiger partial charge in [-0.2, -0.15) is 0 Å². The second-order valence-electron chi connectivity index (χ2n) is 6.15. The number of ether oxygens (including phenoxy) is 1. The van der Waals surface area contributed by atoms with Gasteiger partial charge in [0.25, 0.3) is 5.56 Å². The number of hydrogen-bond acceptors (Lipinski definition) is 6. The van der Waals surface area contributed by atoms with E-state index in [4.69, 9.17) is 4.74 Å². The number of hydrogen-bond donors (Lipinski definition) is 1. The molecule has 0 saturated heterocycles. The number of nitrogens with one attached hydrogen (secondary N) is 1. The number of fused-ring (bicyclic) bond motifs is 1. The topological polar surface area (TPSA) is 90.3 Å². The van der Waals surface area contributed by atoms with Crippen LogP contribution in [0.5, 0.6) is 0 Å². The molecule has 2 aromatic heterocycles. The lowest BCUT2D eigenvalue weighted by molar-refractivity contribution is -0.116. The Labute approximate surface area is 166 Å². The molecular weight excluding hydrogens is 378 g/mol. The zero-order valence-electron chi connectivity index (χ0n) is 15.9. The Morgan fingerprint density at radius 1 is 1.25 bits per heavy atom. The van der Waals surface area contributed by atoms with Crippen molar-refractivity contribution in [2.24, 2.45) is 0 Å². The van der Waals surface area contributed by atoms with E-state index in [2.05, 4.69) is 10.3 Å². The second kappa shape index (κ2) is 8.35. The van der Waals surface area contributed by atoms with Gasteiger partial charge in [-0.15, -0.1) is 11.3 Å². The third-order valence-corrected chi connectivity index (χ3v) is 5.43. The molecule has 0 saturated carbocycles. The Kier molecular flexibility index (Phi) is 5.89. The van der Waals surface area contributed by atoms with Crippen LogP contribution < -0.4 is 10.9 Å². The number of esters is 1. The first-order valence-electron chi connectivity index (χ1n) is 9.00. The van der Waals surface area contributed by atoms with Gasteiger partial charge in [-0.3, -0.25) is 14.2 Å². The molecule has 0 bridgehead atoms. The lowest BCUT2D eigenvalue weighted by atomic mass is 10.2. The maximum Gasteiger partial charge on any atom is 0.341 e. The van der Waals surface area contributed by atoms with Crippen molar-refractivity contribution in [3.63, 3.8) is 0 Å². The molecule has 0 aliphatic heterocycles. The van der Waals surface area contributed by atoms with Crippen LogP contribution in [-0.4, -0.2) is 28.0 Å². The van der Waals surface area contributed by atoms with E-state index in [0.29, 0.717) is 27.3 Å². The number of benzene rings is 1. The Morgan fingerprint density at radius 2 is 2.00 bits per heavy atom. The van der Waals surface area contributed by atoms with Crippen LogP contribution in [0.15, 0.2) is 35.1 Å². The van der Waals surface area contributed by atoms with Crippen LogP contribution in [0.25, 0.3) is 10.9 Å². The molecule has 0 aliphatic carbocycles. The minimum atomic E-state index is -0.477. The van der Waals surface area contributed by atoms with Gasteiger partial charge < -0.3 is 10.1 Å². The van der Waals surface area contributed by atoms with Crippen LogP contribution in [0.4, 0.5) is 5.00 Å².